The Bertz CT molecular complexity index is 306. The van der Waals surface area contributed by atoms with E-state index in [4.69, 9.17) is 0 Å². The van der Waals surface area contributed by atoms with Crippen LogP contribution in [0.4, 0.5) is 0 Å². The molecule has 1 rings (SSSR count). The number of amides is 1. The summed E-state index contributed by atoms with van der Waals surface area (Å²) in [6, 6.07) is 3.98. The first-order valence-corrected chi connectivity index (χ1v) is 5.94. The van der Waals surface area contributed by atoms with Gasteiger partial charge in [0.15, 0.2) is 0 Å². The number of hydrogen-bond acceptors (Lipinski definition) is 3. The highest BCUT2D eigenvalue weighted by atomic mass is 32.1. The molecule has 1 heterocycles. The zero-order valence-electron chi connectivity index (χ0n) is 9.46. The summed E-state index contributed by atoms with van der Waals surface area (Å²) in [4.78, 5) is 13.0. The van der Waals surface area contributed by atoms with Gasteiger partial charge in [-0.15, -0.1) is 11.3 Å². The number of carbonyl (C=O) groups is 1. The second-order valence-electron chi connectivity index (χ2n) is 3.96. The van der Waals surface area contributed by atoms with E-state index < -0.39 is 5.41 Å². The first-order valence-electron chi connectivity index (χ1n) is 5.06. The molecule has 0 spiro atoms. The molecule has 0 saturated carbocycles. The number of rotatable bonds is 5. The normalized spacial score (nSPS) is 11.4. The second kappa shape index (κ2) is 5.28. The molecule has 2 N–H and O–H groups in total. The largest absolute Gasteiger partial charge is 0.354 e. The molecule has 1 amide bonds. The van der Waals surface area contributed by atoms with Crippen molar-refractivity contribution in [3.05, 3.63) is 22.4 Å². The van der Waals surface area contributed by atoms with Crippen LogP contribution in [0.25, 0.3) is 0 Å². The lowest BCUT2D eigenvalue weighted by Crippen LogP contribution is -2.41. The van der Waals surface area contributed by atoms with Crippen LogP contribution in [0.5, 0.6) is 0 Å². The van der Waals surface area contributed by atoms with E-state index >= 15 is 0 Å². The summed E-state index contributed by atoms with van der Waals surface area (Å²) in [7, 11) is 1.87. The third-order valence-corrected chi connectivity index (χ3v) is 3.56. The quantitative estimate of drug-likeness (QED) is 0.744. The van der Waals surface area contributed by atoms with E-state index in [1.165, 1.54) is 0 Å². The zero-order valence-corrected chi connectivity index (χ0v) is 10.3. The van der Waals surface area contributed by atoms with E-state index in [-0.39, 0.29) is 5.91 Å². The summed E-state index contributed by atoms with van der Waals surface area (Å²) in [5, 5.41) is 7.91. The predicted octanol–water partition coefficient (Wildman–Crippen LogP) is 1.36. The Kier molecular flexibility index (Phi) is 4.29. The third-order valence-electron chi connectivity index (χ3n) is 2.37. The van der Waals surface area contributed by atoms with Crippen LogP contribution in [-0.4, -0.2) is 26.0 Å². The molecule has 0 fully saturated rings. The van der Waals surface area contributed by atoms with E-state index in [1.54, 1.807) is 11.3 Å². The van der Waals surface area contributed by atoms with Crippen LogP contribution in [0.15, 0.2) is 17.5 Å². The van der Waals surface area contributed by atoms with Crippen molar-refractivity contribution < 1.29 is 4.79 Å². The topological polar surface area (TPSA) is 41.1 Å². The number of carbonyl (C=O) groups excluding carboxylic acids is 1. The summed E-state index contributed by atoms with van der Waals surface area (Å²) in [5.41, 5.74) is -0.429. The van der Waals surface area contributed by atoms with Gasteiger partial charge in [-0.05, 0) is 32.3 Å². The van der Waals surface area contributed by atoms with Crippen molar-refractivity contribution in [3.8, 4) is 0 Å². The molecule has 1 aromatic heterocycles. The average molecular weight is 226 g/mol. The molecule has 0 atom stereocenters. The fourth-order valence-electron chi connectivity index (χ4n) is 1.27. The smallest absolute Gasteiger partial charge is 0.230 e. The lowest BCUT2D eigenvalue weighted by Gasteiger charge is -2.22. The first-order chi connectivity index (χ1) is 7.09. The molecule has 15 heavy (non-hydrogen) atoms. The third kappa shape index (κ3) is 3.04. The maximum atomic E-state index is 11.9. The summed E-state index contributed by atoms with van der Waals surface area (Å²) < 4.78 is 0. The Morgan fingerprint density at radius 2 is 2.20 bits per heavy atom. The molecular weight excluding hydrogens is 208 g/mol. The van der Waals surface area contributed by atoms with Gasteiger partial charge in [0.25, 0.3) is 0 Å². The molecule has 3 nitrogen and oxygen atoms in total. The Hall–Kier alpha value is -0.870. The number of thiophene rings is 1. The molecule has 4 heteroatoms. The van der Waals surface area contributed by atoms with Crippen molar-refractivity contribution in [1.29, 1.82) is 0 Å². The fourth-order valence-corrected chi connectivity index (χ4v) is 2.12. The molecule has 0 aromatic carbocycles. The van der Waals surface area contributed by atoms with Gasteiger partial charge in [0, 0.05) is 18.0 Å². The molecular formula is C11H18N2OS. The predicted molar refractivity (Wildman–Crippen MR) is 64.3 cm³/mol. The summed E-state index contributed by atoms with van der Waals surface area (Å²) in [6.07, 6.45) is 0. The number of hydrogen-bond donors (Lipinski definition) is 2. The minimum atomic E-state index is -0.429. The Balaban J connectivity index is 2.58. The minimum absolute atomic E-state index is 0.0835. The van der Waals surface area contributed by atoms with Crippen molar-refractivity contribution >= 4 is 17.2 Å². The molecule has 84 valence electrons. The molecule has 0 aliphatic rings. The molecule has 1 aromatic rings. The van der Waals surface area contributed by atoms with Crippen LogP contribution in [0.2, 0.25) is 0 Å². The number of nitrogens with one attached hydrogen (secondary N) is 2. The zero-order chi connectivity index (χ0) is 11.3. The maximum absolute atomic E-state index is 11.9. The van der Waals surface area contributed by atoms with Gasteiger partial charge in [0.05, 0.1) is 5.41 Å². The lowest BCUT2D eigenvalue weighted by molar-refractivity contribution is -0.125. The van der Waals surface area contributed by atoms with Crippen LogP contribution < -0.4 is 10.6 Å². The first kappa shape index (κ1) is 12.2. The monoisotopic (exact) mass is 226 g/mol. The summed E-state index contributed by atoms with van der Waals surface area (Å²) in [6.45, 7) is 5.37. The van der Waals surface area contributed by atoms with Crippen LogP contribution in [0.3, 0.4) is 0 Å². The Morgan fingerprint density at radius 1 is 1.47 bits per heavy atom. The van der Waals surface area contributed by atoms with Gasteiger partial charge in [-0.1, -0.05) is 6.07 Å². The molecule has 0 radical (unpaired) electrons. The van der Waals surface area contributed by atoms with E-state index in [9.17, 15) is 4.79 Å². The van der Waals surface area contributed by atoms with Crippen LogP contribution >= 0.6 is 11.3 Å². The van der Waals surface area contributed by atoms with Gasteiger partial charge in [-0.3, -0.25) is 4.79 Å². The summed E-state index contributed by atoms with van der Waals surface area (Å²) in [5.74, 6) is 0.0835. The van der Waals surface area contributed by atoms with Crippen molar-refractivity contribution in [2.24, 2.45) is 0 Å². The molecule has 0 saturated heterocycles. The Morgan fingerprint density at radius 3 is 2.73 bits per heavy atom. The van der Waals surface area contributed by atoms with Gasteiger partial charge >= 0.3 is 0 Å². The van der Waals surface area contributed by atoms with E-state index in [0.717, 1.165) is 11.4 Å². The Labute approximate surface area is 94.9 Å². The van der Waals surface area contributed by atoms with Gasteiger partial charge in [-0.2, -0.15) is 0 Å². The highest BCUT2D eigenvalue weighted by molar-refractivity contribution is 7.10. The van der Waals surface area contributed by atoms with Crippen LogP contribution in [0, 0.1) is 0 Å². The standard InChI is InChI=1S/C11H18N2OS/c1-11(2,9-5-4-8-15-9)10(14)13-7-6-12-3/h4-5,8,12H,6-7H2,1-3H3,(H,13,14). The van der Waals surface area contributed by atoms with E-state index in [0.29, 0.717) is 6.54 Å². The fraction of sp³-hybridized carbons (Fsp3) is 0.545. The van der Waals surface area contributed by atoms with Gasteiger partial charge in [-0.25, -0.2) is 0 Å². The summed E-state index contributed by atoms with van der Waals surface area (Å²) >= 11 is 1.62. The molecule has 0 aliphatic carbocycles. The van der Waals surface area contributed by atoms with Gasteiger partial charge in [0.2, 0.25) is 5.91 Å². The second-order valence-corrected chi connectivity index (χ2v) is 4.91. The minimum Gasteiger partial charge on any atom is -0.354 e. The van der Waals surface area contributed by atoms with Gasteiger partial charge < -0.3 is 10.6 Å². The lowest BCUT2D eigenvalue weighted by atomic mass is 9.90. The van der Waals surface area contributed by atoms with Crippen LogP contribution in [-0.2, 0) is 10.2 Å². The molecule has 0 aliphatic heterocycles. The average Bonchev–Trinajstić information content (AvgIpc) is 2.71. The van der Waals surface area contributed by atoms with E-state index in [2.05, 4.69) is 10.6 Å². The number of likely N-dealkylation sites (N-methyl/N-ethyl adjacent to an activating group) is 1. The molecule has 0 unspecified atom stereocenters. The van der Waals surface area contributed by atoms with Crippen molar-refractivity contribution in [3.63, 3.8) is 0 Å². The SMILES string of the molecule is CNCCNC(=O)C(C)(C)c1cccs1. The highest BCUT2D eigenvalue weighted by Crippen LogP contribution is 2.27. The maximum Gasteiger partial charge on any atom is 0.230 e. The van der Waals surface area contributed by atoms with Gasteiger partial charge in [0.1, 0.15) is 0 Å². The van der Waals surface area contributed by atoms with E-state index in [1.807, 2.05) is 38.4 Å². The van der Waals surface area contributed by atoms with Crippen molar-refractivity contribution in [2.75, 3.05) is 20.1 Å². The highest BCUT2D eigenvalue weighted by Gasteiger charge is 2.30. The van der Waals surface area contributed by atoms with Crippen LogP contribution in [0.1, 0.15) is 18.7 Å². The van der Waals surface area contributed by atoms with Crippen molar-refractivity contribution in [2.45, 2.75) is 19.3 Å². The molecule has 0 bridgehead atoms. The van der Waals surface area contributed by atoms with Crippen molar-refractivity contribution in [1.82, 2.24) is 10.6 Å².